The molecule has 1 aliphatic heterocycles. The van der Waals surface area contributed by atoms with Crippen LogP contribution in [0.15, 0.2) is 35.4 Å². The van der Waals surface area contributed by atoms with Crippen molar-refractivity contribution in [3.05, 3.63) is 35.9 Å². The zero-order chi connectivity index (χ0) is 10.7. The first-order valence-electron chi connectivity index (χ1n) is 5.23. The smallest absolute Gasteiger partial charge is 0.240 e. The molecule has 0 aromatic heterocycles. The van der Waals surface area contributed by atoms with Crippen molar-refractivity contribution in [1.29, 1.82) is 0 Å². The molecule has 0 spiro atoms. The van der Waals surface area contributed by atoms with E-state index in [0.717, 1.165) is 17.7 Å². The number of hydrogen-bond donors (Lipinski definition) is 1. The standard InChI is InChI=1S/C12H14N2O/c1-2-9-8-11(15)13-14-12(9)10-6-4-3-5-7-10/h3-7,9H,2,8H2,1H3,(H,13,15). The molecule has 1 heterocycles. The molecule has 15 heavy (non-hydrogen) atoms. The van der Waals surface area contributed by atoms with E-state index < -0.39 is 0 Å². The highest BCUT2D eigenvalue weighted by Gasteiger charge is 2.23. The minimum absolute atomic E-state index is 0.0153. The predicted molar refractivity (Wildman–Crippen MR) is 59.5 cm³/mol. The van der Waals surface area contributed by atoms with Crippen molar-refractivity contribution >= 4 is 11.6 Å². The third kappa shape index (κ3) is 2.06. The Labute approximate surface area is 89.2 Å². The van der Waals surface area contributed by atoms with E-state index in [-0.39, 0.29) is 11.8 Å². The lowest BCUT2D eigenvalue weighted by atomic mass is 9.90. The Kier molecular flexibility index (Phi) is 2.81. The summed E-state index contributed by atoms with van der Waals surface area (Å²) in [4.78, 5) is 11.2. The van der Waals surface area contributed by atoms with Gasteiger partial charge in [-0.3, -0.25) is 4.79 Å². The lowest BCUT2D eigenvalue weighted by Gasteiger charge is -2.21. The van der Waals surface area contributed by atoms with Gasteiger partial charge in [0.25, 0.3) is 0 Å². The zero-order valence-electron chi connectivity index (χ0n) is 8.73. The molecule has 0 bridgehead atoms. The Morgan fingerprint density at radius 2 is 2.13 bits per heavy atom. The largest absolute Gasteiger partial charge is 0.273 e. The van der Waals surface area contributed by atoms with Gasteiger partial charge in [0.15, 0.2) is 0 Å². The molecule has 78 valence electrons. The van der Waals surface area contributed by atoms with Crippen molar-refractivity contribution in [2.75, 3.05) is 0 Å². The van der Waals surface area contributed by atoms with Gasteiger partial charge in [-0.2, -0.15) is 5.10 Å². The average molecular weight is 202 g/mol. The highest BCUT2D eigenvalue weighted by molar-refractivity contribution is 6.05. The fourth-order valence-corrected chi connectivity index (χ4v) is 1.83. The molecular formula is C12H14N2O. The van der Waals surface area contributed by atoms with Crippen molar-refractivity contribution in [3.8, 4) is 0 Å². The van der Waals surface area contributed by atoms with Gasteiger partial charge in [-0.05, 0) is 12.0 Å². The van der Waals surface area contributed by atoms with E-state index in [1.807, 2.05) is 30.3 Å². The van der Waals surface area contributed by atoms with Crippen LogP contribution in [0.3, 0.4) is 0 Å². The SMILES string of the molecule is CCC1CC(=O)NN=C1c1ccccc1. The second kappa shape index (κ2) is 4.26. The summed E-state index contributed by atoms with van der Waals surface area (Å²) in [6.07, 6.45) is 1.49. The zero-order valence-corrected chi connectivity index (χ0v) is 8.73. The third-order valence-electron chi connectivity index (χ3n) is 2.68. The van der Waals surface area contributed by atoms with Gasteiger partial charge in [0.05, 0.1) is 5.71 Å². The van der Waals surface area contributed by atoms with Crippen LogP contribution in [-0.2, 0) is 4.79 Å². The van der Waals surface area contributed by atoms with Crippen LogP contribution < -0.4 is 5.43 Å². The molecule has 3 nitrogen and oxygen atoms in total. The van der Waals surface area contributed by atoms with Gasteiger partial charge in [-0.25, -0.2) is 5.43 Å². The number of benzene rings is 1. The first-order chi connectivity index (χ1) is 7.31. The molecule has 1 aliphatic rings. The first-order valence-corrected chi connectivity index (χ1v) is 5.23. The van der Waals surface area contributed by atoms with E-state index >= 15 is 0 Å². The summed E-state index contributed by atoms with van der Waals surface area (Å²) in [5, 5.41) is 4.15. The maximum absolute atomic E-state index is 11.2. The lowest BCUT2D eigenvalue weighted by Crippen LogP contribution is -2.33. The van der Waals surface area contributed by atoms with E-state index in [0.29, 0.717) is 6.42 Å². The van der Waals surface area contributed by atoms with Gasteiger partial charge < -0.3 is 0 Å². The van der Waals surface area contributed by atoms with Crippen molar-refractivity contribution < 1.29 is 4.79 Å². The number of amides is 1. The monoisotopic (exact) mass is 202 g/mol. The summed E-state index contributed by atoms with van der Waals surface area (Å²) >= 11 is 0. The quantitative estimate of drug-likeness (QED) is 0.782. The molecule has 1 unspecified atom stereocenters. The van der Waals surface area contributed by atoms with Gasteiger partial charge >= 0.3 is 0 Å². The van der Waals surface area contributed by atoms with E-state index in [1.165, 1.54) is 0 Å². The third-order valence-corrected chi connectivity index (χ3v) is 2.68. The van der Waals surface area contributed by atoms with Crippen molar-refractivity contribution in [2.24, 2.45) is 11.0 Å². The molecule has 1 aromatic rings. The summed E-state index contributed by atoms with van der Waals surface area (Å²) in [7, 11) is 0. The lowest BCUT2D eigenvalue weighted by molar-refractivity contribution is -0.122. The molecule has 1 aromatic carbocycles. The molecule has 0 fully saturated rings. The second-order valence-electron chi connectivity index (χ2n) is 3.71. The second-order valence-corrected chi connectivity index (χ2v) is 3.71. The molecule has 3 heteroatoms. The van der Waals surface area contributed by atoms with Gasteiger partial charge in [-0.15, -0.1) is 0 Å². The van der Waals surface area contributed by atoms with Crippen LogP contribution in [0.5, 0.6) is 0 Å². The van der Waals surface area contributed by atoms with Crippen molar-refractivity contribution in [3.63, 3.8) is 0 Å². The molecule has 2 rings (SSSR count). The fourth-order valence-electron chi connectivity index (χ4n) is 1.83. The van der Waals surface area contributed by atoms with E-state index in [2.05, 4.69) is 17.5 Å². The molecule has 1 amide bonds. The molecule has 1 atom stereocenters. The number of hydrogen-bond acceptors (Lipinski definition) is 2. The molecule has 0 saturated heterocycles. The maximum Gasteiger partial charge on any atom is 0.240 e. The molecule has 1 N–H and O–H groups in total. The molecule has 0 radical (unpaired) electrons. The highest BCUT2D eigenvalue weighted by atomic mass is 16.2. The maximum atomic E-state index is 11.2. The fraction of sp³-hybridized carbons (Fsp3) is 0.333. The first kappa shape index (κ1) is 9.90. The summed E-state index contributed by atoms with van der Waals surface area (Å²) < 4.78 is 0. The van der Waals surface area contributed by atoms with Crippen LogP contribution in [-0.4, -0.2) is 11.6 Å². The van der Waals surface area contributed by atoms with Gasteiger partial charge in [0.2, 0.25) is 5.91 Å². The minimum atomic E-state index is 0.0153. The van der Waals surface area contributed by atoms with Gasteiger partial charge in [0, 0.05) is 12.3 Å². The number of carbonyl (C=O) groups is 1. The number of carbonyl (C=O) groups excluding carboxylic acids is 1. The van der Waals surface area contributed by atoms with Crippen LogP contribution >= 0.6 is 0 Å². The van der Waals surface area contributed by atoms with Crippen molar-refractivity contribution in [2.45, 2.75) is 19.8 Å². The summed E-state index contributed by atoms with van der Waals surface area (Å²) in [5.74, 6) is 0.266. The molecule has 0 saturated carbocycles. The van der Waals surface area contributed by atoms with Crippen LogP contribution in [0, 0.1) is 5.92 Å². The van der Waals surface area contributed by atoms with Crippen molar-refractivity contribution in [1.82, 2.24) is 5.43 Å². The van der Waals surface area contributed by atoms with E-state index in [4.69, 9.17) is 0 Å². The number of nitrogens with one attached hydrogen (secondary N) is 1. The Morgan fingerprint density at radius 3 is 2.80 bits per heavy atom. The van der Waals surface area contributed by atoms with Crippen LogP contribution in [0.4, 0.5) is 0 Å². The van der Waals surface area contributed by atoms with Gasteiger partial charge in [0.1, 0.15) is 0 Å². The Bertz CT molecular complexity index is 384. The Balaban J connectivity index is 2.31. The predicted octanol–water partition coefficient (Wildman–Crippen LogP) is 1.94. The summed E-state index contributed by atoms with van der Waals surface area (Å²) in [5.41, 5.74) is 4.64. The van der Waals surface area contributed by atoms with Crippen LogP contribution in [0.2, 0.25) is 0 Å². The number of nitrogens with zero attached hydrogens (tertiary/aromatic N) is 1. The topological polar surface area (TPSA) is 41.5 Å². The average Bonchev–Trinajstić information content (AvgIpc) is 2.30. The molecule has 0 aliphatic carbocycles. The number of hydrazone groups is 1. The van der Waals surface area contributed by atoms with Crippen LogP contribution in [0.25, 0.3) is 0 Å². The minimum Gasteiger partial charge on any atom is -0.273 e. The Hall–Kier alpha value is -1.64. The highest BCUT2D eigenvalue weighted by Crippen LogP contribution is 2.19. The normalized spacial score (nSPS) is 20.7. The summed E-state index contributed by atoms with van der Waals surface area (Å²) in [6.45, 7) is 2.09. The molecular weight excluding hydrogens is 188 g/mol. The summed E-state index contributed by atoms with van der Waals surface area (Å²) in [6, 6.07) is 10.0. The van der Waals surface area contributed by atoms with E-state index in [9.17, 15) is 4.79 Å². The van der Waals surface area contributed by atoms with Crippen LogP contribution in [0.1, 0.15) is 25.3 Å². The van der Waals surface area contributed by atoms with Gasteiger partial charge in [-0.1, -0.05) is 37.3 Å². The Morgan fingerprint density at radius 1 is 1.40 bits per heavy atom. The number of rotatable bonds is 2. The van der Waals surface area contributed by atoms with E-state index in [1.54, 1.807) is 0 Å².